The van der Waals surface area contributed by atoms with Gasteiger partial charge in [0.25, 0.3) is 5.91 Å². The molecule has 2 aromatic heterocycles. The van der Waals surface area contributed by atoms with E-state index in [1.54, 1.807) is 4.68 Å². The van der Waals surface area contributed by atoms with Crippen LogP contribution >= 0.6 is 0 Å². The highest BCUT2D eigenvalue weighted by atomic mass is 16.2. The summed E-state index contributed by atoms with van der Waals surface area (Å²) in [7, 11) is 0. The molecular weight excluding hydrogens is 288 g/mol. The van der Waals surface area contributed by atoms with Gasteiger partial charge in [0, 0.05) is 12.2 Å². The fourth-order valence-electron chi connectivity index (χ4n) is 2.56. The largest absolute Gasteiger partial charge is 0.343 e. The molecule has 0 spiro atoms. The molecule has 23 heavy (non-hydrogen) atoms. The predicted molar refractivity (Wildman–Crippen MR) is 91.3 cm³/mol. The molecule has 0 unspecified atom stereocenters. The third-order valence-corrected chi connectivity index (χ3v) is 3.68. The molecule has 0 aliphatic heterocycles. The second-order valence-electron chi connectivity index (χ2n) is 6.33. The molecule has 5 heteroatoms. The first-order valence-corrected chi connectivity index (χ1v) is 8.21. The molecule has 2 heterocycles. The quantitative estimate of drug-likeness (QED) is 0.890. The van der Waals surface area contributed by atoms with Crippen LogP contribution in [-0.2, 0) is 13.0 Å². The lowest BCUT2D eigenvalue weighted by Crippen LogP contribution is -2.29. The van der Waals surface area contributed by atoms with Gasteiger partial charge >= 0.3 is 0 Å². The Morgan fingerprint density at radius 3 is 2.65 bits per heavy atom. The van der Waals surface area contributed by atoms with Gasteiger partial charge < -0.3 is 5.32 Å². The first kappa shape index (κ1) is 17.2. The van der Waals surface area contributed by atoms with Gasteiger partial charge in [-0.15, -0.1) is 0 Å². The van der Waals surface area contributed by atoms with Crippen LogP contribution in [0.3, 0.4) is 0 Å². The highest BCUT2D eigenvalue weighted by molar-refractivity contribution is 5.92. The summed E-state index contributed by atoms with van der Waals surface area (Å²) in [4.78, 5) is 17.1. The van der Waals surface area contributed by atoms with Crippen molar-refractivity contribution in [2.45, 2.75) is 53.6 Å². The normalized spacial score (nSPS) is 12.4. The fraction of sp³-hybridized carbons (Fsp3) is 0.500. The number of rotatable bonds is 6. The topological polar surface area (TPSA) is 59.8 Å². The van der Waals surface area contributed by atoms with Gasteiger partial charge in [-0.05, 0) is 51.3 Å². The number of pyridine rings is 1. The number of nitrogens with zero attached hydrogens (tertiary/aromatic N) is 3. The minimum absolute atomic E-state index is 0.106. The molecule has 2 aromatic rings. The predicted octanol–water partition coefficient (Wildman–Crippen LogP) is 3.30. The van der Waals surface area contributed by atoms with Crippen LogP contribution in [0.1, 0.15) is 61.3 Å². The summed E-state index contributed by atoms with van der Waals surface area (Å²) in [5.74, 6) is 0.409. The fourth-order valence-corrected chi connectivity index (χ4v) is 2.56. The van der Waals surface area contributed by atoms with Crippen LogP contribution in [0.2, 0.25) is 0 Å². The zero-order chi connectivity index (χ0) is 17.0. The maximum atomic E-state index is 12.6. The average molecular weight is 314 g/mol. The number of carbonyl (C=O) groups excluding carboxylic acids is 1. The second-order valence-corrected chi connectivity index (χ2v) is 6.33. The Bertz CT molecular complexity index is 675. The Balaban J connectivity index is 2.15. The number of hydrogen-bond acceptors (Lipinski definition) is 3. The van der Waals surface area contributed by atoms with Crippen LogP contribution in [0.5, 0.6) is 0 Å². The van der Waals surface area contributed by atoms with Gasteiger partial charge in [-0.2, -0.15) is 5.10 Å². The van der Waals surface area contributed by atoms with E-state index in [0.717, 1.165) is 23.5 Å². The van der Waals surface area contributed by atoms with Crippen LogP contribution in [-0.4, -0.2) is 20.7 Å². The first-order chi connectivity index (χ1) is 10.9. The third kappa shape index (κ3) is 4.41. The summed E-state index contributed by atoms with van der Waals surface area (Å²) < 4.78 is 1.77. The minimum atomic E-state index is -0.142. The summed E-state index contributed by atoms with van der Waals surface area (Å²) in [5.41, 5.74) is 3.39. The maximum Gasteiger partial charge on any atom is 0.270 e. The van der Waals surface area contributed by atoms with Gasteiger partial charge in [0.1, 0.15) is 5.69 Å². The van der Waals surface area contributed by atoms with E-state index in [9.17, 15) is 4.79 Å². The number of hydrogen-bond donors (Lipinski definition) is 1. The van der Waals surface area contributed by atoms with Crippen molar-refractivity contribution in [3.63, 3.8) is 0 Å². The molecule has 0 bridgehead atoms. The van der Waals surface area contributed by atoms with Crippen LogP contribution in [0.4, 0.5) is 0 Å². The number of aromatic nitrogens is 3. The number of amides is 1. The summed E-state index contributed by atoms with van der Waals surface area (Å²) >= 11 is 0. The lowest BCUT2D eigenvalue weighted by atomic mass is 10.1. The minimum Gasteiger partial charge on any atom is -0.343 e. The van der Waals surface area contributed by atoms with Crippen LogP contribution < -0.4 is 5.32 Å². The van der Waals surface area contributed by atoms with Crippen molar-refractivity contribution in [3.8, 4) is 0 Å². The Morgan fingerprint density at radius 2 is 2.04 bits per heavy atom. The molecule has 1 amide bonds. The SMILES string of the molecule is CCn1nc(CC(C)C)cc1C(=O)N[C@H](C)c1cccc(C)n1. The van der Waals surface area contributed by atoms with Crippen molar-refractivity contribution in [1.82, 2.24) is 20.1 Å². The summed E-state index contributed by atoms with van der Waals surface area (Å²) in [6.07, 6.45) is 0.877. The van der Waals surface area contributed by atoms with E-state index < -0.39 is 0 Å². The van der Waals surface area contributed by atoms with Crippen molar-refractivity contribution >= 4 is 5.91 Å². The highest BCUT2D eigenvalue weighted by Crippen LogP contribution is 2.14. The summed E-state index contributed by atoms with van der Waals surface area (Å²) in [6, 6.07) is 7.59. The molecule has 0 aliphatic rings. The average Bonchev–Trinajstić information content (AvgIpc) is 2.89. The molecule has 0 aliphatic carbocycles. The van der Waals surface area contributed by atoms with Crippen molar-refractivity contribution in [2.75, 3.05) is 0 Å². The van der Waals surface area contributed by atoms with E-state index in [1.165, 1.54) is 0 Å². The lowest BCUT2D eigenvalue weighted by Gasteiger charge is -2.14. The Kier molecular flexibility index (Phi) is 5.53. The molecule has 1 atom stereocenters. The molecule has 0 radical (unpaired) electrons. The Labute approximate surface area is 138 Å². The van der Waals surface area contributed by atoms with E-state index in [1.807, 2.05) is 45.0 Å². The van der Waals surface area contributed by atoms with E-state index in [2.05, 4.69) is 29.2 Å². The molecule has 0 saturated carbocycles. The zero-order valence-corrected chi connectivity index (χ0v) is 14.6. The molecule has 0 saturated heterocycles. The first-order valence-electron chi connectivity index (χ1n) is 8.21. The van der Waals surface area contributed by atoms with Gasteiger partial charge in [0.2, 0.25) is 0 Å². The van der Waals surface area contributed by atoms with E-state index >= 15 is 0 Å². The molecule has 5 nitrogen and oxygen atoms in total. The molecule has 0 aromatic carbocycles. The van der Waals surface area contributed by atoms with Gasteiger partial charge in [-0.3, -0.25) is 14.5 Å². The Hall–Kier alpha value is -2.17. The van der Waals surface area contributed by atoms with Crippen molar-refractivity contribution in [3.05, 3.63) is 47.0 Å². The maximum absolute atomic E-state index is 12.6. The van der Waals surface area contributed by atoms with Gasteiger partial charge in [-0.1, -0.05) is 19.9 Å². The van der Waals surface area contributed by atoms with Crippen LogP contribution in [0.25, 0.3) is 0 Å². The third-order valence-electron chi connectivity index (χ3n) is 3.68. The van der Waals surface area contributed by atoms with Crippen molar-refractivity contribution < 1.29 is 4.79 Å². The molecule has 2 rings (SSSR count). The number of carbonyl (C=O) groups is 1. The van der Waals surface area contributed by atoms with Crippen molar-refractivity contribution in [2.24, 2.45) is 5.92 Å². The smallest absolute Gasteiger partial charge is 0.270 e. The molecular formula is C18H26N4O. The lowest BCUT2D eigenvalue weighted by molar-refractivity contribution is 0.0928. The molecule has 124 valence electrons. The van der Waals surface area contributed by atoms with Crippen LogP contribution in [0.15, 0.2) is 24.3 Å². The van der Waals surface area contributed by atoms with Gasteiger partial charge in [-0.25, -0.2) is 0 Å². The number of nitrogens with one attached hydrogen (secondary N) is 1. The van der Waals surface area contributed by atoms with Gasteiger partial charge in [0.15, 0.2) is 0 Å². The molecule has 0 fully saturated rings. The summed E-state index contributed by atoms with van der Waals surface area (Å²) in [5, 5.41) is 7.54. The van der Waals surface area contributed by atoms with E-state index in [4.69, 9.17) is 0 Å². The van der Waals surface area contributed by atoms with E-state index in [-0.39, 0.29) is 11.9 Å². The monoisotopic (exact) mass is 314 g/mol. The zero-order valence-electron chi connectivity index (χ0n) is 14.6. The Morgan fingerprint density at radius 1 is 1.30 bits per heavy atom. The van der Waals surface area contributed by atoms with Crippen LogP contribution in [0, 0.1) is 12.8 Å². The number of aryl methyl sites for hydroxylation is 2. The van der Waals surface area contributed by atoms with E-state index in [0.29, 0.717) is 18.2 Å². The highest BCUT2D eigenvalue weighted by Gasteiger charge is 2.18. The second kappa shape index (κ2) is 7.40. The van der Waals surface area contributed by atoms with Gasteiger partial charge in [0.05, 0.1) is 17.4 Å². The standard InChI is InChI=1S/C18H26N4O/c1-6-22-17(11-15(21-22)10-12(2)3)18(23)20-14(5)16-9-7-8-13(4)19-16/h7-9,11-12,14H,6,10H2,1-5H3,(H,20,23)/t14-/m1/s1. The molecule has 1 N–H and O–H groups in total. The summed E-state index contributed by atoms with van der Waals surface area (Å²) in [6.45, 7) is 10.9. The van der Waals surface area contributed by atoms with Crippen molar-refractivity contribution in [1.29, 1.82) is 0 Å².